The van der Waals surface area contributed by atoms with Gasteiger partial charge in [0.2, 0.25) is 0 Å². The molecule has 2 aromatic rings. The summed E-state index contributed by atoms with van der Waals surface area (Å²) in [7, 11) is 0. The highest BCUT2D eigenvalue weighted by molar-refractivity contribution is 5.81. The molecule has 1 N–H and O–H groups in total. The quantitative estimate of drug-likeness (QED) is 0.828. The number of nitrogens with one attached hydrogen (secondary N) is 1. The molecule has 1 aliphatic rings. The number of amides is 1. The van der Waals surface area contributed by atoms with Crippen LogP contribution in [0.25, 0.3) is 0 Å². The van der Waals surface area contributed by atoms with Crippen LogP contribution in [0.5, 0.6) is 11.5 Å². The van der Waals surface area contributed by atoms with Gasteiger partial charge in [0.1, 0.15) is 22.9 Å². The Labute approximate surface area is 159 Å². The molecular formula is C22H26FNO3. The van der Waals surface area contributed by atoms with Crippen LogP contribution in [-0.2, 0) is 4.79 Å². The van der Waals surface area contributed by atoms with Crippen LogP contribution in [0.15, 0.2) is 42.5 Å². The Kier molecular flexibility index (Phi) is 5.40. The van der Waals surface area contributed by atoms with E-state index in [0.717, 1.165) is 16.9 Å². The number of carbonyl (C=O) groups is 1. The van der Waals surface area contributed by atoms with Crippen LogP contribution in [0.4, 0.5) is 4.39 Å². The Balaban J connectivity index is 1.76. The molecule has 0 saturated carbocycles. The summed E-state index contributed by atoms with van der Waals surface area (Å²) in [5.74, 6) is 0.762. The number of ether oxygens (including phenoxy) is 2. The van der Waals surface area contributed by atoms with Crippen LogP contribution in [0, 0.1) is 12.7 Å². The molecule has 27 heavy (non-hydrogen) atoms. The average molecular weight is 371 g/mol. The zero-order chi connectivity index (χ0) is 19.6. The van der Waals surface area contributed by atoms with Gasteiger partial charge < -0.3 is 14.8 Å². The maximum atomic E-state index is 13.1. The van der Waals surface area contributed by atoms with Crippen LogP contribution >= 0.6 is 0 Å². The van der Waals surface area contributed by atoms with Crippen LogP contribution in [0.2, 0.25) is 0 Å². The van der Waals surface area contributed by atoms with Crippen molar-refractivity contribution in [1.29, 1.82) is 0 Å². The molecule has 0 aliphatic carbocycles. The van der Waals surface area contributed by atoms with Crippen molar-refractivity contribution in [3.63, 3.8) is 0 Å². The molecule has 144 valence electrons. The van der Waals surface area contributed by atoms with Gasteiger partial charge in [-0.05, 0) is 63.1 Å². The summed E-state index contributed by atoms with van der Waals surface area (Å²) < 4.78 is 24.9. The highest BCUT2D eigenvalue weighted by Crippen LogP contribution is 2.40. The molecule has 0 bridgehead atoms. The zero-order valence-corrected chi connectivity index (χ0v) is 16.2. The highest BCUT2D eigenvalue weighted by atomic mass is 19.1. The van der Waals surface area contributed by atoms with E-state index in [1.807, 2.05) is 45.9 Å². The lowest BCUT2D eigenvalue weighted by Gasteiger charge is -2.38. The first-order valence-corrected chi connectivity index (χ1v) is 9.29. The van der Waals surface area contributed by atoms with Gasteiger partial charge in [-0.25, -0.2) is 4.39 Å². The fourth-order valence-corrected chi connectivity index (χ4v) is 3.35. The van der Waals surface area contributed by atoms with Crippen molar-refractivity contribution in [2.75, 3.05) is 0 Å². The first kappa shape index (κ1) is 19.2. The second-order valence-electron chi connectivity index (χ2n) is 7.64. The Morgan fingerprint density at radius 2 is 2.00 bits per heavy atom. The minimum Gasteiger partial charge on any atom is -0.487 e. The van der Waals surface area contributed by atoms with E-state index in [4.69, 9.17) is 9.47 Å². The molecule has 0 aromatic heterocycles. The molecule has 0 unspecified atom stereocenters. The summed E-state index contributed by atoms with van der Waals surface area (Å²) in [6.07, 6.45) is 0.536. The lowest BCUT2D eigenvalue weighted by atomic mass is 9.89. The van der Waals surface area contributed by atoms with E-state index >= 15 is 0 Å². The normalized spacial score (nSPS) is 18.8. The number of hydrogen-bond donors (Lipinski definition) is 1. The number of rotatable bonds is 5. The second-order valence-corrected chi connectivity index (χ2v) is 7.64. The number of benzene rings is 2. The number of carbonyl (C=O) groups excluding carboxylic acids is 1. The fraction of sp³-hybridized carbons (Fsp3) is 0.409. The smallest absolute Gasteiger partial charge is 0.261 e. The maximum Gasteiger partial charge on any atom is 0.261 e. The van der Waals surface area contributed by atoms with E-state index in [-0.39, 0.29) is 23.4 Å². The molecule has 0 fully saturated rings. The molecule has 1 heterocycles. The summed E-state index contributed by atoms with van der Waals surface area (Å²) in [6.45, 7) is 7.94. The first-order valence-electron chi connectivity index (χ1n) is 9.29. The SMILES string of the molecule is CC[C@H](Oc1ccc(F)cc1)C(=O)N[C@@H]1CC(C)(C)Oc2cc(C)ccc21. The maximum absolute atomic E-state index is 13.1. The van der Waals surface area contributed by atoms with Crippen molar-refractivity contribution in [3.05, 3.63) is 59.4 Å². The predicted octanol–water partition coefficient (Wildman–Crippen LogP) is 4.71. The van der Waals surface area contributed by atoms with Crippen molar-refractivity contribution in [1.82, 2.24) is 5.32 Å². The van der Waals surface area contributed by atoms with Crippen LogP contribution < -0.4 is 14.8 Å². The molecule has 1 aliphatic heterocycles. The summed E-state index contributed by atoms with van der Waals surface area (Å²) in [5, 5.41) is 3.11. The third-order valence-corrected chi connectivity index (χ3v) is 4.70. The van der Waals surface area contributed by atoms with Crippen LogP contribution in [0.3, 0.4) is 0 Å². The number of halogens is 1. The van der Waals surface area contributed by atoms with Gasteiger partial charge in [-0.2, -0.15) is 0 Å². The Bertz CT molecular complexity index is 817. The van der Waals surface area contributed by atoms with Gasteiger partial charge in [0, 0.05) is 12.0 Å². The largest absolute Gasteiger partial charge is 0.487 e. The van der Waals surface area contributed by atoms with Crippen molar-refractivity contribution in [3.8, 4) is 11.5 Å². The van der Waals surface area contributed by atoms with E-state index in [1.165, 1.54) is 24.3 Å². The number of hydrogen-bond acceptors (Lipinski definition) is 3. The van der Waals surface area contributed by atoms with Gasteiger partial charge in [0.25, 0.3) is 5.91 Å². The van der Waals surface area contributed by atoms with Crippen molar-refractivity contribution >= 4 is 5.91 Å². The van der Waals surface area contributed by atoms with E-state index in [1.54, 1.807) is 0 Å². The van der Waals surface area contributed by atoms with Crippen LogP contribution in [0.1, 0.15) is 50.8 Å². The lowest BCUT2D eigenvalue weighted by Crippen LogP contribution is -2.45. The second kappa shape index (κ2) is 7.59. The predicted molar refractivity (Wildman–Crippen MR) is 102 cm³/mol. The minimum absolute atomic E-state index is 0.150. The van der Waals surface area contributed by atoms with Crippen LogP contribution in [-0.4, -0.2) is 17.6 Å². The van der Waals surface area contributed by atoms with E-state index < -0.39 is 6.10 Å². The van der Waals surface area contributed by atoms with Gasteiger partial charge >= 0.3 is 0 Å². The molecule has 0 spiro atoms. The van der Waals surface area contributed by atoms with E-state index in [2.05, 4.69) is 5.32 Å². The molecule has 5 heteroatoms. The topological polar surface area (TPSA) is 47.6 Å². The summed E-state index contributed by atoms with van der Waals surface area (Å²) in [6, 6.07) is 11.6. The molecule has 3 rings (SSSR count). The van der Waals surface area contributed by atoms with E-state index in [0.29, 0.717) is 18.6 Å². The van der Waals surface area contributed by atoms with Crippen molar-refractivity contribution in [2.24, 2.45) is 0 Å². The van der Waals surface area contributed by atoms with Gasteiger partial charge in [-0.15, -0.1) is 0 Å². The first-order chi connectivity index (χ1) is 12.8. The molecule has 0 radical (unpaired) electrons. The average Bonchev–Trinajstić information content (AvgIpc) is 2.59. The molecule has 0 saturated heterocycles. The molecule has 1 amide bonds. The molecule has 2 atom stereocenters. The lowest BCUT2D eigenvalue weighted by molar-refractivity contribution is -0.129. The summed E-state index contributed by atoms with van der Waals surface area (Å²) in [4.78, 5) is 12.9. The zero-order valence-electron chi connectivity index (χ0n) is 16.2. The highest BCUT2D eigenvalue weighted by Gasteiger charge is 2.35. The van der Waals surface area contributed by atoms with Crippen molar-refractivity contribution < 1.29 is 18.7 Å². The third-order valence-electron chi connectivity index (χ3n) is 4.70. The van der Waals surface area contributed by atoms with E-state index in [9.17, 15) is 9.18 Å². The number of fused-ring (bicyclic) bond motifs is 1. The van der Waals surface area contributed by atoms with Gasteiger partial charge in [-0.3, -0.25) is 4.79 Å². The van der Waals surface area contributed by atoms with Crippen molar-refractivity contribution in [2.45, 2.75) is 58.3 Å². The standard InChI is InChI=1S/C22H26FNO3/c1-5-19(26-16-9-7-15(23)8-10-16)21(25)24-18-13-22(3,4)27-20-12-14(2)6-11-17(18)20/h6-12,18-19H,5,13H2,1-4H3,(H,24,25)/t18-,19+/m1/s1. The monoisotopic (exact) mass is 371 g/mol. The molecular weight excluding hydrogens is 345 g/mol. The Hall–Kier alpha value is -2.56. The Morgan fingerprint density at radius 1 is 1.30 bits per heavy atom. The minimum atomic E-state index is -0.643. The third kappa shape index (κ3) is 4.59. The molecule has 4 nitrogen and oxygen atoms in total. The summed E-state index contributed by atoms with van der Waals surface area (Å²) in [5.41, 5.74) is 1.71. The fourth-order valence-electron chi connectivity index (χ4n) is 3.35. The molecule has 2 aromatic carbocycles. The van der Waals surface area contributed by atoms with Gasteiger partial charge in [-0.1, -0.05) is 19.1 Å². The number of aryl methyl sites for hydroxylation is 1. The summed E-state index contributed by atoms with van der Waals surface area (Å²) >= 11 is 0. The van der Waals surface area contributed by atoms with Gasteiger partial charge in [0.15, 0.2) is 6.10 Å². The Morgan fingerprint density at radius 3 is 2.67 bits per heavy atom. The van der Waals surface area contributed by atoms with Gasteiger partial charge in [0.05, 0.1) is 6.04 Å².